The van der Waals surface area contributed by atoms with Gasteiger partial charge in [-0.15, -0.1) is 0 Å². The smallest absolute Gasteiger partial charge is 0.316 e. The summed E-state index contributed by atoms with van der Waals surface area (Å²) in [6.45, 7) is 3.79. The molecule has 0 aliphatic carbocycles. The van der Waals surface area contributed by atoms with Crippen molar-refractivity contribution in [2.45, 2.75) is 25.8 Å². The van der Waals surface area contributed by atoms with Crippen LogP contribution in [0.25, 0.3) is 0 Å². The molecule has 0 unspecified atom stereocenters. The quantitative estimate of drug-likeness (QED) is 0.503. The Hall–Kier alpha value is -1.99. The molecule has 0 saturated heterocycles. The second-order valence-electron chi connectivity index (χ2n) is 4.96. The van der Waals surface area contributed by atoms with Gasteiger partial charge in [-0.05, 0) is 13.8 Å². The average molecular weight is 274 g/mol. The third-order valence-electron chi connectivity index (χ3n) is 2.14. The lowest BCUT2D eigenvalue weighted by Crippen LogP contribution is -2.50. The molecule has 0 aliphatic rings. The molecule has 8 heteroatoms. The number of amides is 4. The van der Waals surface area contributed by atoms with Gasteiger partial charge in [-0.3, -0.25) is 4.79 Å². The molecule has 4 N–H and O–H groups in total. The number of urea groups is 2. The van der Waals surface area contributed by atoms with E-state index < -0.39 is 17.5 Å². The van der Waals surface area contributed by atoms with Crippen molar-refractivity contribution in [3.8, 4) is 0 Å². The van der Waals surface area contributed by atoms with E-state index in [9.17, 15) is 14.4 Å². The van der Waals surface area contributed by atoms with Crippen LogP contribution in [0.15, 0.2) is 0 Å². The molecular formula is C11H22N4O4. The Morgan fingerprint density at radius 1 is 1.11 bits per heavy atom. The minimum absolute atomic E-state index is 0.169. The van der Waals surface area contributed by atoms with Gasteiger partial charge in [0.1, 0.15) is 0 Å². The summed E-state index contributed by atoms with van der Waals surface area (Å²) in [7, 11) is 3.23. The number of hydrogen-bond acceptors (Lipinski definition) is 3. The summed E-state index contributed by atoms with van der Waals surface area (Å²) >= 11 is 0. The van der Waals surface area contributed by atoms with Crippen LogP contribution in [0.1, 0.15) is 20.3 Å². The predicted molar refractivity (Wildman–Crippen MR) is 70.0 cm³/mol. The molecule has 0 aromatic carbocycles. The van der Waals surface area contributed by atoms with Crippen molar-refractivity contribution >= 4 is 18.0 Å². The highest BCUT2D eigenvalue weighted by molar-refractivity contribution is 5.76. The van der Waals surface area contributed by atoms with Crippen LogP contribution < -0.4 is 16.0 Å². The molecule has 0 fully saturated rings. The molecule has 0 spiro atoms. The van der Waals surface area contributed by atoms with Crippen LogP contribution in [0.4, 0.5) is 9.59 Å². The van der Waals surface area contributed by atoms with E-state index in [0.717, 1.165) is 0 Å². The van der Waals surface area contributed by atoms with Gasteiger partial charge < -0.3 is 26.0 Å². The fourth-order valence-corrected chi connectivity index (χ4v) is 1.28. The van der Waals surface area contributed by atoms with Crippen LogP contribution in [0.3, 0.4) is 0 Å². The summed E-state index contributed by atoms with van der Waals surface area (Å²) in [5.74, 6) is -0.983. The van der Waals surface area contributed by atoms with Gasteiger partial charge in [0.15, 0.2) is 0 Å². The first kappa shape index (κ1) is 17.0. The summed E-state index contributed by atoms with van der Waals surface area (Å²) in [6, 6.07) is -0.709. The fraction of sp³-hybridized carbons (Fsp3) is 0.727. The van der Waals surface area contributed by atoms with Crippen molar-refractivity contribution in [3.63, 3.8) is 0 Å². The van der Waals surface area contributed by atoms with E-state index in [4.69, 9.17) is 5.11 Å². The number of nitrogens with one attached hydrogen (secondary N) is 3. The zero-order valence-electron chi connectivity index (χ0n) is 11.7. The molecule has 4 amide bonds. The zero-order valence-corrected chi connectivity index (χ0v) is 11.7. The second kappa shape index (κ2) is 7.45. The van der Waals surface area contributed by atoms with Crippen molar-refractivity contribution in [1.82, 2.24) is 20.9 Å². The first-order valence-electron chi connectivity index (χ1n) is 5.87. The van der Waals surface area contributed by atoms with Crippen molar-refractivity contribution in [1.29, 1.82) is 0 Å². The lowest BCUT2D eigenvalue weighted by molar-refractivity contribution is -0.138. The molecule has 8 nitrogen and oxygen atoms in total. The van der Waals surface area contributed by atoms with Gasteiger partial charge in [0.2, 0.25) is 0 Å². The molecule has 0 aromatic heterocycles. The van der Waals surface area contributed by atoms with Gasteiger partial charge >= 0.3 is 18.0 Å². The lowest BCUT2D eigenvalue weighted by Gasteiger charge is -2.24. The Morgan fingerprint density at radius 3 is 2.11 bits per heavy atom. The maximum absolute atomic E-state index is 11.5. The van der Waals surface area contributed by atoms with Gasteiger partial charge in [0.05, 0.1) is 6.42 Å². The average Bonchev–Trinajstić information content (AvgIpc) is 2.20. The van der Waals surface area contributed by atoms with Gasteiger partial charge in [0.25, 0.3) is 0 Å². The Labute approximate surface area is 112 Å². The van der Waals surface area contributed by atoms with Gasteiger partial charge in [-0.25, -0.2) is 9.59 Å². The molecule has 0 aliphatic heterocycles. The monoisotopic (exact) mass is 274 g/mol. The van der Waals surface area contributed by atoms with Crippen LogP contribution in [0.2, 0.25) is 0 Å². The molecular weight excluding hydrogens is 252 g/mol. The van der Waals surface area contributed by atoms with Gasteiger partial charge in [0, 0.05) is 32.7 Å². The van der Waals surface area contributed by atoms with Crippen molar-refractivity contribution < 1.29 is 19.5 Å². The van der Waals surface area contributed by atoms with E-state index in [0.29, 0.717) is 6.54 Å². The molecule has 0 atom stereocenters. The topological polar surface area (TPSA) is 111 Å². The van der Waals surface area contributed by atoms with Crippen LogP contribution >= 0.6 is 0 Å². The van der Waals surface area contributed by atoms with Crippen LogP contribution in [-0.4, -0.2) is 60.8 Å². The molecule has 0 heterocycles. The van der Waals surface area contributed by atoms with Crippen LogP contribution in [0.5, 0.6) is 0 Å². The highest BCUT2D eigenvalue weighted by Gasteiger charge is 2.23. The Kier molecular flexibility index (Phi) is 6.67. The number of carboxylic acids is 1. The number of carboxylic acid groups (broad SMARTS) is 1. The standard InChI is InChI=1S/C11H22N4O4/c1-11(2,7-8(16)17)14-9(18)12-5-6-13-10(19)15(3)4/h5-7H2,1-4H3,(H,13,19)(H,16,17)(H2,12,14,18). The van der Waals surface area contributed by atoms with Crippen LogP contribution in [-0.2, 0) is 4.79 Å². The summed E-state index contributed by atoms with van der Waals surface area (Å²) in [5, 5.41) is 16.3. The SMILES string of the molecule is CN(C)C(=O)NCCNC(=O)NC(C)(C)CC(=O)O. The van der Waals surface area contributed by atoms with Crippen molar-refractivity contribution in [3.05, 3.63) is 0 Å². The number of carbonyl (C=O) groups excluding carboxylic acids is 2. The first-order valence-corrected chi connectivity index (χ1v) is 5.87. The maximum atomic E-state index is 11.5. The number of carbonyl (C=O) groups is 3. The fourth-order valence-electron chi connectivity index (χ4n) is 1.28. The number of aliphatic carboxylic acids is 1. The first-order chi connectivity index (χ1) is 8.64. The Balaban J connectivity index is 3.87. The summed E-state index contributed by atoms with van der Waals surface area (Å²) in [5.41, 5.74) is -0.831. The predicted octanol–water partition coefficient (Wildman–Crippen LogP) is -0.190. The molecule has 0 rings (SSSR count). The minimum atomic E-state index is -0.983. The van der Waals surface area contributed by atoms with E-state index >= 15 is 0 Å². The summed E-state index contributed by atoms with van der Waals surface area (Å²) in [4.78, 5) is 34.6. The largest absolute Gasteiger partial charge is 0.481 e. The number of nitrogens with zero attached hydrogens (tertiary/aromatic N) is 1. The molecule has 0 bridgehead atoms. The van der Waals surface area contributed by atoms with E-state index in [1.807, 2.05) is 0 Å². The Morgan fingerprint density at radius 2 is 1.63 bits per heavy atom. The molecule has 0 radical (unpaired) electrons. The highest BCUT2D eigenvalue weighted by atomic mass is 16.4. The van der Waals surface area contributed by atoms with E-state index in [-0.39, 0.29) is 19.0 Å². The summed E-state index contributed by atoms with van der Waals surface area (Å²) in [6.07, 6.45) is -0.169. The van der Waals surface area contributed by atoms with Crippen LogP contribution in [0, 0.1) is 0 Å². The van der Waals surface area contributed by atoms with Gasteiger partial charge in [-0.1, -0.05) is 0 Å². The second-order valence-corrected chi connectivity index (χ2v) is 4.96. The van der Waals surface area contributed by atoms with Crippen molar-refractivity contribution in [2.75, 3.05) is 27.2 Å². The molecule has 110 valence electrons. The highest BCUT2D eigenvalue weighted by Crippen LogP contribution is 2.07. The van der Waals surface area contributed by atoms with Crippen molar-refractivity contribution in [2.24, 2.45) is 0 Å². The third-order valence-corrected chi connectivity index (χ3v) is 2.14. The number of hydrogen-bond donors (Lipinski definition) is 4. The van der Waals surface area contributed by atoms with Gasteiger partial charge in [-0.2, -0.15) is 0 Å². The normalized spacial score (nSPS) is 10.5. The molecule has 19 heavy (non-hydrogen) atoms. The minimum Gasteiger partial charge on any atom is -0.481 e. The van der Waals surface area contributed by atoms with E-state index in [1.54, 1.807) is 27.9 Å². The lowest BCUT2D eigenvalue weighted by atomic mass is 10.0. The molecule has 0 saturated carbocycles. The van der Waals surface area contributed by atoms with E-state index in [1.165, 1.54) is 4.90 Å². The number of rotatable bonds is 6. The summed E-state index contributed by atoms with van der Waals surface area (Å²) < 4.78 is 0. The zero-order chi connectivity index (χ0) is 15.1. The van der Waals surface area contributed by atoms with E-state index in [2.05, 4.69) is 16.0 Å². The molecule has 0 aromatic rings. The third kappa shape index (κ3) is 8.70. The Bertz CT molecular complexity index is 342. The maximum Gasteiger partial charge on any atom is 0.316 e.